The Hall–Kier alpha value is -1.35. The van der Waals surface area contributed by atoms with E-state index >= 15 is 0 Å². The third-order valence-corrected chi connectivity index (χ3v) is 3.36. The fourth-order valence-electron chi connectivity index (χ4n) is 2.37. The number of benzene rings is 1. The molecule has 1 aliphatic heterocycles. The van der Waals surface area contributed by atoms with Crippen LogP contribution >= 0.6 is 0 Å². The molecule has 0 saturated carbocycles. The molecule has 0 spiro atoms. The minimum absolute atomic E-state index is 0.357. The van der Waals surface area contributed by atoms with E-state index in [2.05, 4.69) is 18.7 Å². The standard InChI is InChI=1S/C14H19NO2/c1-14(2)7-8-15(10-14)9-11-3-5-12(6-4-11)13(16)17/h3-6H,7-10H2,1-2H3,(H,16,17). The normalized spacial score (nSPS) is 19.4. The van der Waals surface area contributed by atoms with Gasteiger partial charge in [-0.3, -0.25) is 4.90 Å². The van der Waals surface area contributed by atoms with Gasteiger partial charge in [-0.2, -0.15) is 0 Å². The van der Waals surface area contributed by atoms with Crippen molar-refractivity contribution in [2.45, 2.75) is 26.8 Å². The maximum atomic E-state index is 10.7. The van der Waals surface area contributed by atoms with E-state index in [1.807, 2.05) is 12.1 Å². The van der Waals surface area contributed by atoms with Crippen LogP contribution in [0.25, 0.3) is 0 Å². The van der Waals surface area contributed by atoms with Crippen LogP contribution < -0.4 is 0 Å². The first-order valence-corrected chi connectivity index (χ1v) is 6.01. The van der Waals surface area contributed by atoms with Crippen molar-refractivity contribution >= 4 is 5.97 Å². The smallest absolute Gasteiger partial charge is 0.335 e. The summed E-state index contributed by atoms with van der Waals surface area (Å²) in [6, 6.07) is 7.18. The van der Waals surface area contributed by atoms with Gasteiger partial charge in [-0.05, 0) is 36.1 Å². The van der Waals surface area contributed by atoms with Crippen molar-refractivity contribution in [1.29, 1.82) is 0 Å². The van der Waals surface area contributed by atoms with Gasteiger partial charge in [0.25, 0.3) is 0 Å². The molecular weight excluding hydrogens is 214 g/mol. The van der Waals surface area contributed by atoms with E-state index in [-0.39, 0.29) is 0 Å². The van der Waals surface area contributed by atoms with Crippen molar-refractivity contribution < 1.29 is 9.90 Å². The second-order valence-corrected chi connectivity index (χ2v) is 5.63. The molecule has 0 bridgehead atoms. The Balaban J connectivity index is 1.98. The summed E-state index contributed by atoms with van der Waals surface area (Å²) in [5.41, 5.74) is 1.96. The van der Waals surface area contributed by atoms with E-state index in [0.29, 0.717) is 11.0 Å². The molecule has 0 aliphatic carbocycles. The summed E-state index contributed by atoms with van der Waals surface area (Å²) in [5, 5.41) is 8.82. The van der Waals surface area contributed by atoms with Crippen molar-refractivity contribution in [2.24, 2.45) is 5.41 Å². The topological polar surface area (TPSA) is 40.5 Å². The minimum Gasteiger partial charge on any atom is -0.478 e. The third-order valence-electron chi connectivity index (χ3n) is 3.36. The summed E-state index contributed by atoms with van der Waals surface area (Å²) >= 11 is 0. The van der Waals surface area contributed by atoms with Crippen molar-refractivity contribution in [3.05, 3.63) is 35.4 Å². The molecule has 1 N–H and O–H groups in total. The monoisotopic (exact) mass is 233 g/mol. The quantitative estimate of drug-likeness (QED) is 0.872. The first kappa shape index (κ1) is 12.1. The molecule has 92 valence electrons. The lowest BCUT2D eigenvalue weighted by atomic mass is 9.93. The highest BCUT2D eigenvalue weighted by atomic mass is 16.4. The second-order valence-electron chi connectivity index (χ2n) is 5.63. The summed E-state index contributed by atoms with van der Waals surface area (Å²) in [6.45, 7) is 7.76. The summed E-state index contributed by atoms with van der Waals surface area (Å²) in [5.74, 6) is -0.862. The van der Waals surface area contributed by atoms with Crippen LogP contribution in [0.3, 0.4) is 0 Å². The van der Waals surface area contributed by atoms with Crippen LogP contribution in [0.2, 0.25) is 0 Å². The molecule has 3 nitrogen and oxygen atoms in total. The van der Waals surface area contributed by atoms with Crippen molar-refractivity contribution in [3.63, 3.8) is 0 Å². The molecule has 2 rings (SSSR count). The number of likely N-dealkylation sites (tertiary alicyclic amines) is 1. The third kappa shape index (κ3) is 3.07. The zero-order chi connectivity index (χ0) is 12.5. The molecule has 1 heterocycles. The minimum atomic E-state index is -0.862. The Morgan fingerprint density at radius 1 is 1.35 bits per heavy atom. The van der Waals surface area contributed by atoms with Crippen molar-refractivity contribution in [2.75, 3.05) is 13.1 Å². The summed E-state index contributed by atoms with van der Waals surface area (Å²) in [7, 11) is 0. The highest BCUT2D eigenvalue weighted by Crippen LogP contribution is 2.29. The predicted octanol–water partition coefficient (Wildman–Crippen LogP) is 2.62. The lowest BCUT2D eigenvalue weighted by Crippen LogP contribution is -2.22. The van der Waals surface area contributed by atoms with Gasteiger partial charge in [0, 0.05) is 13.1 Å². The molecule has 1 aromatic carbocycles. The molecule has 3 heteroatoms. The van der Waals surface area contributed by atoms with Gasteiger partial charge >= 0.3 is 5.97 Å². The number of aromatic carboxylic acids is 1. The number of rotatable bonds is 3. The second kappa shape index (κ2) is 4.49. The SMILES string of the molecule is CC1(C)CCN(Cc2ccc(C(=O)O)cc2)C1. The lowest BCUT2D eigenvalue weighted by molar-refractivity contribution is 0.0697. The van der Waals surface area contributed by atoms with Crippen LogP contribution in [-0.2, 0) is 6.54 Å². The maximum Gasteiger partial charge on any atom is 0.335 e. The van der Waals surface area contributed by atoms with Gasteiger partial charge in [-0.15, -0.1) is 0 Å². The largest absolute Gasteiger partial charge is 0.478 e. The number of hydrogen-bond donors (Lipinski definition) is 1. The van der Waals surface area contributed by atoms with E-state index in [4.69, 9.17) is 5.11 Å². The molecule has 0 aromatic heterocycles. The average molecular weight is 233 g/mol. The van der Waals surface area contributed by atoms with Crippen LogP contribution in [0.15, 0.2) is 24.3 Å². The van der Waals surface area contributed by atoms with Crippen molar-refractivity contribution in [3.8, 4) is 0 Å². The van der Waals surface area contributed by atoms with Gasteiger partial charge in [-0.25, -0.2) is 4.79 Å². The van der Waals surface area contributed by atoms with E-state index in [1.165, 1.54) is 12.0 Å². The van der Waals surface area contributed by atoms with Crippen LogP contribution in [0.5, 0.6) is 0 Å². The lowest BCUT2D eigenvalue weighted by Gasteiger charge is -2.19. The Bertz CT molecular complexity index is 409. The Morgan fingerprint density at radius 2 is 2.00 bits per heavy atom. The Labute approximate surface area is 102 Å². The summed E-state index contributed by atoms with van der Waals surface area (Å²) in [6.07, 6.45) is 1.24. The predicted molar refractivity (Wildman–Crippen MR) is 67.1 cm³/mol. The number of nitrogens with zero attached hydrogens (tertiary/aromatic N) is 1. The fourth-order valence-corrected chi connectivity index (χ4v) is 2.37. The van der Waals surface area contributed by atoms with E-state index in [1.54, 1.807) is 12.1 Å². The summed E-state index contributed by atoms with van der Waals surface area (Å²) in [4.78, 5) is 13.2. The first-order valence-electron chi connectivity index (χ1n) is 6.01. The summed E-state index contributed by atoms with van der Waals surface area (Å²) < 4.78 is 0. The highest BCUT2D eigenvalue weighted by Gasteiger charge is 2.28. The highest BCUT2D eigenvalue weighted by molar-refractivity contribution is 5.87. The molecule has 1 fully saturated rings. The zero-order valence-corrected chi connectivity index (χ0v) is 10.4. The number of hydrogen-bond acceptors (Lipinski definition) is 2. The molecule has 0 radical (unpaired) electrons. The molecule has 1 saturated heterocycles. The number of carboxylic acid groups (broad SMARTS) is 1. The molecule has 17 heavy (non-hydrogen) atoms. The molecule has 0 unspecified atom stereocenters. The van der Waals surface area contributed by atoms with Crippen LogP contribution in [0.4, 0.5) is 0 Å². The van der Waals surface area contributed by atoms with Gasteiger partial charge in [0.05, 0.1) is 5.56 Å². The molecule has 0 atom stereocenters. The van der Waals surface area contributed by atoms with E-state index in [9.17, 15) is 4.79 Å². The Kier molecular flexibility index (Phi) is 3.20. The molecular formula is C14H19NO2. The van der Waals surface area contributed by atoms with Crippen LogP contribution in [0, 0.1) is 5.41 Å². The van der Waals surface area contributed by atoms with Gasteiger partial charge in [0.2, 0.25) is 0 Å². The van der Waals surface area contributed by atoms with Gasteiger partial charge in [-0.1, -0.05) is 26.0 Å². The van der Waals surface area contributed by atoms with E-state index < -0.39 is 5.97 Å². The average Bonchev–Trinajstić information content (AvgIpc) is 2.59. The van der Waals surface area contributed by atoms with Gasteiger partial charge in [0.1, 0.15) is 0 Å². The van der Waals surface area contributed by atoms with E-state index in [0.717, 1.165) is 19.6 Å². The molecule has 0 amide bonds. The van der Waals surface area contributed by atoms with Gasteiger partial charge < -0.3 is 5.11 Å². The molecule has 1 aromatic rings. The number of carbonyl (C=O) groups is 1. The van der Waals surface area contributed by atoms with Crippen LogP contribution in [0.1, 0.15) is 36.2 Å². The molecule has 1 aliphatic rings. The number of carboxylic acids is 1. The van der Waals surface area contributed by atoms with Crippen molar-refractivity contribution in [1.82, 2.24) is 4.90 Å². The first-order chi connectivity index (χ1) is 7.96. The van der Waals surface area contributed by atoms with Gasteiger partial charge in [0.15, 0.2) is 0 Å². The maximum absolute atomic E-state index is 10.7. The fraction of sp³-hybridized carbons (Fsp3) is 0.500. The zero-order valence-electron chi connectivity index (χ0n) is 10.4. The Morgan fingerprint density at radius 3 is 2.47 bits per heavy atom. The van der Waals surface area contributed by atoms with Crippen LogP contribution in [-0.4, -0.2) is 29.1 Å².